The van der Waals surface area contributed by atoms with E-state index in [1.807, 2.05) is 27.0 Å². The first kappa shape index (κ1) is 26.4. The molecule has 2 saturated heterocycles. The second-order valence-electron chi connectivity index (χ2n) is 9.29. The lowest BCUT2D eigenvalue weighted by Crippen LogP contribution is -2.44. The van der Waals surface area contributed by atoms with Gasteiger partial charge in [0, 0.05) is 59.1 Å². The molecule has 10 heteroatoms. The van der Waals surface area contributed by atoms with Gasteiger partial charge in [0.1, 0.15) is 11.4 Å². The molecule has 0 radical (unpaired) electrons. The van der Waals surface area contributed by atoms with Gasteiger partial charge in [-0.25, -0.2) is 9.78 Å². The van der Waals surface area contributed by atoms with E-state index in [1.54, 1.807) is 7.05 Å². The molecule has 1 unspecified atom stereocenters. The van der Waals surface area contributed by atoms with Crippen molar-refractivity contribution in [1.29, 1.82) is 0 Å². The van der Waals surface area contributed by atoms with Crippen LogP contribution in [0.15, 0.2) is 23.3 Å². The van der Waals surface area contributed by atoms with Gasteiger partial charge in [0.25, 0.3) is 0 Å². The number of anilines is 1. The molecule has 2 fully saturated rings. The molecule has 0 spiro atoms. The Morgan fingerprint density at radius 1 is 1.22 bits per heavy atom. The Kier molecular flexibility index (Phi) is 9.81. The molecule has 0 aromatic carbocycles. The van der Waals surface area contributed by atoms with E-state index < -0.39 is 5.60 Å². The van der Waals surface area contributed by atoms with Gasteiger partial charge in [0.2, 0.25) is 0 Å². The number of piperazine rings is 1. The molecule has 3 rings (SSSR count). The first-order chi connectivity index (χ1) is 14.7. The quantitative estimate of drug-likeness (QED) is 0.332. The van der Waals surface area contributed by atoms with Crippen LogP contribution in [0.4, 0.5) is 10.6 Å². The summed E-state index contributed by atoms with van der Waals surface area (Å²) >= 11 is 0. The van der Waals surface area contributed by atoms with E-state index in [1.165, 1.54) is 0 Å². The monoisotopic (exact) mass is 559 g/mol. The molecule has 32 heavy (non-hydrogen) atoms. The fourth-order valence-electron chi connectivity index (χ4n) is 3.80. The van der Waals surface area contributed by atoms with Crippen molar-refractivity contribution >= 4 is 41.8 Å². The third kappa shape index (κ3) is 7.95. The number of alkyl carbamates (subject to hydrolysis) is 1. The summed E-state index contributed by atoms with van der Waals surface area (Å²) in [7, 11) is 3.94. The third-order valence-corrected chi connectivity index (χ3v) is 5.51. The second-order valence-corrected chi connectivity index (χ2v) is 9.29. The zero-order chi connectivity index (χ0) is 22.4. The number of hydrogen-bond acceptors (Lipinski definition) is 6. The number of rotatable bonds is 4. The minimum Gasteiger partial charge on any atom is -0.444 e. The highest BCUT2D eigenvalue weighted by Gasteiger charge is 2.27. The number of nitrogens with zero attached hydrogens (tertiary/aromatic N) is 5. The standard InChI is InChI=1S/C22H37N7O2.HI/c1-22(2,3)31-21(30)26-18-8-9-29(16-18)20(23-4)25-15-17-6-7-19(24-14-17)28-12-10-27(5)11-13-28;/h6-7,14,18H,8-13,15-16H2,1-5H3,(H,23,25)(H,26,30);1H. The number of carbonyl (C=O) groups excluding carboxylic acids is 1. The van der Waals surface area contributed by atoms with Crippen LogP contribution in [0.1, 0.15) is 32.8 Å². The van der Waals surface area contributed by atoms with Crippen molar-refractivity contribution < 1.29 is 9.53 Å². The summed E-state index contributed by atoms with van der Waals surface area (Å²) in [6.07, 6.45) is 2.43. The number of nitrogens with one attached hydrogen (secondary N) is 2. The number of likely N-dealkylation sites (N-methyl/N-ethyl adjacent to an activating group) is 1. The maximum Gasteiger partial charge on any atom is 0.407 e. The van der Waals surface area contributed by atoms with E-state index in [-0.39, 0.29) is 36.1 Å². The largest absolute Gasteiger partial charge is 0.444 e. The Morgan fingerprint density at radius 2 is 1.94 bits per heavy atom. The summed E-state index contributed by atoms with van der Waals surface area (Å²) in [6.45, 7) is 12.0. The minimum atomic E-state index is -0.492. The normalized spacial score (nSPS) is 20.0. The van der Waals surface area contributed by atoms with Crippen LogP contribution >= 0.6 is 24.0 Å². The molecule has 0 bridgehead atoms. The Balaban J connectivity index is 0.00000363. The second kappa shape index (κ2) is 11.9. The SMILES string of the molecule is CN=C(NCc1ccc(N2CCN(C)CC2)nc1)N1CCC(NC(=O)OC(C)(C)C)C1.I. The highest BCUT2D eigenvalue weighted by Crippen LogP contribution is 2.15. The van der Waals surface area contributed by atoms with Gasteiger partial charge in [-0.05, 0) is 45.9 Å². The van der Waals surface area contributed by atoms with Crippen molar-refractivity contribution in [2.24, 2.45) is 4.99 Å². The summed E-state index contributed by atoms with van der Waals surface area (Å²) in [4.78, 5) is 27.9. The summed E-state index contributed by atoms with van der Waals surface area (Å²) < 4.78 is 5.36. The average molecular weight is 559 g/mol. The molecule has 3 heterocycles. The van der Waals surface area contributed by atoms with Gasteiger partial charge in [-0.3, -0.25) is 4.99 Å². The number of likely N-dealkylation sites (tertiary alicyclic amines) is 1. The lowest BCUT2D eigenvalue weighted by molar-refractivity contribution is 0.0507. The van der Waals surface area contributed by atoms with Crippen molar-refractivity contribution in [2.75, 3.05) is 58.3 Å². The number of guanidine groups is 1. The summed E-state index contributed by atoms with van der Waals surface area (Å²) in [5, 5.41) is 6.37. The van der Waals surface area contributed by atoms with Gasteiger partial charge < -0.3 is 30.1 Å². The van der Waals surface area contributed by atoms with Crippen LogP contribution in [0.3, 0.4) is 0 Å². The van der Waals surface area contributed by atoms with Crippen LogP contribution in [-0.2, 0) is 11.3 Å². The minimum absolute atomic E-state index is 0. The Hall–Kier alpha value is -1.82. The Bertz CT molecular complexity index is 759. The molecule has 180 valence electrons. The molecule has 1 amide bonds. The molecular formula is C22H38IN7O2. The fourth-order valence-corrected chi connectivity index (χ4v) is 3.80. The number of ether oxygens (including phenoxy) is 1. The number of hydrogen-bond donors (Lipinski definition) is 2. The van der Waals surface area contributed by atoms with Crippen LogP contribution in [-0.4, -0.2) is 91.8 Å². The van der Waals surface area contributed by atoms with Crippen molar-refractivity contribution in [1.82, 2.24) is 25.4 Å². The smallest absolute Gasteiger partial charge is 0.407 e. The lowest BCUT2D eigenvalue weighted by atomic mass is 10.2. The zero-order valence-electron chi connectivity index (χ0n) is 19.9. The number of halogens is 1. The van der Waals surface area contributed by atoms with Gasteiger partial charge >= 0.3 is 6.09 Å². The summed E-state index contributed by atoms with van der Waals surface area (Å²) in [5.41, 5.74) is 0.620. The van der Waals surface area contributed by atoms with E-state index in [0.717, 1.165) is 56.5 Å². The highest BCUT2D eigenvalue weighted by molar-refractivity contribution is 14.0. The number of aliphatic imine (C=N–C) groups is 1. The van der Waals surface area contributed by atoms with Gasteiger partial charge in [-0.15, -0.1) is 24.0 Å². The molecule has 2 aliphatic rings. The molecule has 0 saturated carbocycles. The van der Waals surface area contributed by atoms with E-state index in [9.17, 15) is 4.79 Å². The molecule has 0 aliphatic carbocycles. The highest BCUT2D eigenvalue weighted by atomic mass is 127. The fraction of sp³-hybridized carbons (Fsp3) is 0.682. The molecule has 1 atom stereocenters. The van der Waals surface area contributed by atoms with Gasteiger partial charge in [0.05, 0.1) is 6.04 Å². The van der Waals surface area contributed by atoms with E-state index in [4.69, 9.17) is 4.74 Å². The molecule has 1 aromatic rings. The van der Waals surface area contributed by atoms with E-state index in [2.05, 4.69) is 54.5 Å². The molecule has 2 N–H and O–H groups in total. The van der Waals surface area contributed by atoms with Crippen molar-refractivity contribution in [3.8, 4) is 0 Å². The molecule has 2 aliphatic heterocycles. The van der Waals surface area contributed by atoms with Gasteiger partial charge in [0.15, 0.2) is 5.96 Å². The summed E-state index contributed by atoms with van der Waals surface area (Å²) in [6, 6.07) is 4.28. The van der Waals surface area contributed by atoms with Crippen LogP contribution in [0, 0.1) is 0 Å². The van der Waals surface area contributed by atoms with Gasteiger partial charge in [-0.1, -0.05) is 6.07 Å². The van der Waals surface area contributed by atoms with Crippen molar-refractivity contribution in [3.05, 3.63) is 23.9 Å². The zero-order valence-corrected chi connectivity index (χ0v) is 22.3. The maximum atomic E-state index is 12.0. The number of pyridine rings is 1. The molecule has 9 nitrogen and oxygen atoms in total. The third-order valence-electron chi connectivity index (χ3n) is 5.51. The predicted octanol–water partition coefficient (Wildman–Crippen LogP) is 2.13. The number of carbonyl (C=O) groups is 1. The van der Waals surface area contributed by atoms with Crippen LogP contribution in [0.5, 0.6) is 0 Å². The Morgan fingerprint density at radius 3 is 2.53 bits per heavy atom. The summed E-state index contributed by atoms with van der Waals surface area (Å²) in [5.74, 6) is 1.87. The first-order valence-electron chi connectivity index (χ1n) is 11.1. The Labute approximate surface area is 209 Å². The maximum absolute atomic E-state index is 12.0. The van der Waals surface area contributed by atoms with Crippen LogP contribution in [0.2, 0.25) is 0 Å². The number of aromatic nitrogens is 1. The number of amides is 1. The lowest BCUT2D eigenvalue weighted by Gasteiger charge is -2.33. The molecular weight excluding hydrogens is 521 g/mol. The first-order valence-corrected chi connectivity index (χ1v) is 11.1. The van der Waals surface area contributed by atoms with Crippen molar-refractivity contribution in [2.45, 2.75) is 45.4 Å². The van der Waals surface area contributed by atoms with Gasteiger partial charge in [-0.2, -0.15) is 0 Å². The average Bonchev–Trinajstić information content (AvgIpc) is 3.16. The van der Waals surface area contributed by atoms with Crippen LogP contribution in [0.25, 0.3) is 0 Å². The van der Waals surface area contributed by atoms with Crippen LogP contribution < -0.4 is 15.5 Å². The molecule has 1 aromatic heterocycles. The van der Waals surface area contributed by atoms with E-state index >= 15 is 0 Å². The van der Waals surface area contributed by atoms with Crippen molar-refractivity contribution in [3.63, 3.8) is 0 Å². The van der Waals surface area contributed by atoms with E-state index in [0.29, 0.717) is 13.1 Å². The predicted molar refractivity (Wildman–Crippen MR) is 139 cm³/mol. The topological polar surface area (TPSA) is 85.3 Å².